The zero-order valence-electron chi connectivity index (χ0n) is 11.3. The largest absolute Gasteiger partial charge is 0.355 e. The lowest BCUT2D eigenvalue weighted by atomic mass is 10.1. The van der Waals surface area contributed by atoms with Crippen molar-refractivity contribution in [2.75, 3.05) is 26.7 Å². The van der Waals surface area contributed by atoms with Gasteiger partial charge in [-0.15, -0.1) is 0 Å². The molecule has 0 spiro atoms. The van der Waals surface area contributed by atoms with Crippen molar-refractivity contribution >= 4 is 11.8 Å². The molecule has 1 aromatic rings. The van der Waals surface area contributed by atoms with E-state index in [1.54, 1.807) is 31.3 Å². The van der Waals surface area contributed by atoms with E-state index in [4.69, 9.17) is 0 Å². The van der Waals surface area contributed by atoms with Gasteiger partial charge in [-0.05, 0) is 25.1 Å². The zero-order valence-corrected chi connectivity index (χ0v) is 11.3. The Kier molecular flexibility index (Phi) is 4.16. The van der Waals surface area contributed by atoms with E-state index in [-0.39, 0.29) is 17.9 Å². The Morgan fingerprint density at radius 1 is 1.37 bits per heavy atom. The molecule has 0 saturated carbocycles. The van der Waals surface area contributed by atoms with Crippen molar-refractivity contribution in [1.82, 2.24) is 15.5 Å². The molecule has 0 aliphatic carbocycles. The molecule has 1 fully saturated rings. The molecule has 1 saturated heterocycles. The molecule has 5 heteroatoms. The fourth-order valence-corrected chi connectivity index (χ4v) is 2.25. The summed E-state index contributed by atoms with van der Waals surface area (Å²) in [6.07, 6.45) is 0. The number of carbonyl (C=O) groups is 2. The number of nitrogens with one attached hydrogen (secondary N) is 2. The highest BCUT2D eigenvalue weighted by Crippen LogP contribution is 2.12. The Bertz CT molecular complexity index is 487. The first-order valence-corrected chi connectivity index (χ1v) is 6.47. The molecule has 102 valence electrons. The lowest BCUT2D eigenvalue weighted by molar-refractivity contribution is 0.0656. The summed E-state index contributed by atoms with van der Waals surface area (Å²) in [5, 5.41) is 5.81. The lowest BCUT2D eigenvalue weighted by Crippen LogP contribution is -2.52. The van der Waals surface area contributed by atoms with Crippen LogP contribution < -0.4 is 10.6 Å². The van der Waals surface area contributed by atoms with Crippen molar-refractivity contribution in [1.29, 1.82) is 0 Å². The Morgan fingerprint density at radius 2 is 2.11 bits per heavy atom. The molecule has 2 amide bonds. The summed E-state index contributed by atoms with van der Waals surface area (Å²) in [5.41, 5.74) is 1.07. The van der Waals surface area contributed by atoms with Crippen LogP contribution in [0, 0.1) is 0 Å². The van der Waals surface area contributed by atoms with Gasteiger partial charge in [0.1, 0.15) is 0 Å². The molecule has 1 aliphatic rings. The van der Waals surface area contributed by atoms with Crippen LogP contribution >= 0.6 is 0 Å². The minimum absolute atomic E-state index is 0.0141. The van der Waals surface area contributed by atoms with E-state index in [0.717, 1.165) is 13.1 Å². The molecule has 2 N–H and O–H groups in total. The SMILES string of the molecule is CNC(=O)c1cccc(C(=O)N2CCNC[C@@H]2C)c1. The van der Waals surface area contributed by atoms with Crippen LogP contribution in [0.25, 0.3) is 0 Å². The van der Waals surface area contributed by atoms with Crippen LogP contribution in [0.3, 0.4) is 0 Å². The standard InChI is InChI=1S/C14H19N3O2/c1-10-9-16-6-7-17(10)14(19)12-5-3-4-11(8-12)13(18)15-2/h3-5,8,10,16H,6-7,9H2,1-2H3,(H,15,18)/t10-/m0/s1. The Hall–Kier alpha value is -1.88. The van der Waals surface area contributed by atoms with Crippen molar-refractivity contribution in [2.24, 2.45) is 0 Å². The Balaban J connectivity index is 2.21. The van der Waals surface area contributed by atoms with Crippen molar-refractivity contribution in [3.63, 3.8) is 0 Å². The van der Waals surface area contributed by atoms with Crippen LogP contribution in [0.5, 0.6) is 0 Å². The summed E-state index contributed by atoms with van der Waals surface area (Å²) in [5.74, 6) is -0.192. The average molecular weight is 261 g/mol. The monoisotopic (exact) mass is 261 g/mol. The number of nitrogens with zero attached hydrogens (tertiary/aromatic N) is 1. The third kappa shape index (κ3) is 2.93. The molecule has 1 aliphatic heterocycles. The molecular formula is C14H19N3O2. The number of benzene rings is 1. The molecule has 19 heavy (non-hydrogen) atoms. The third-order valence-electron chi connectivity index (χ3n) is 3.36. The molecule has 1 atom stereocenters. The number of carbonyl (C=O) groups excluding carboxylic acids is 2. The van der Waals surface area contributed by atoms with Crippen molar-refractivity contribution in [3.05, 3.63) is 35.4 Å². The summed E-state index contributed by atoms with van der Waals surface area (Å²) in [4.78, 5) is 25.9. The van der Waals surface area contributed by atoms with Crippen LogP contribution in [0.1, 0.15) is 27.6 Å². The van der Waals surface area contributed by atoms with Gasteiger partial charge in [0, 0.05) is 43.9 Å². The lowest BCUT2D eigenvalue weighted by Gasteiger charge is -2.34. The van der Waals surface area contributed by atoms with E-state index in [2.05, 4.69) is 10.6 Å². The minimum atomic E-state index is -0.178. The van der Waals surface area contributed by atoms with E-state index in [0.29, 0.717) is 17.7 Å². The fourth-order valence-electron chi connectivity index (χ4n) is 2.25. The summed E-state index contributed by atoms with van der Waals surface area (Å²) in [7, 11) is 1.58. The van der Waals surface area contributed by atoms with Crippen LogP contribution in [-0.4, -0.2) is 49.4 Å². The zero-order chi connectivity index (χ0) is 13.8. The predicted molar refractivity (Wildman–Crippen MR) is 73.2 cm³/mol. The highest BCUT2D eigenvalue weighted by Gasteiger charge is 2.24. The van der Waals surface area contributed by atoms with Gasteiger partial charge in [-0.3, -0.25) is 9.59 Å². The number of amides is 2. The number of hydrogen-bond donors (Lipinski definition) is 2. The maximum absolute atomic E-state index is 12.4. The van der Waals surface area contributed by atoms with Crippen LogP contribution in [-0.2, 0) is 0 Å². The van der Waals surface area contributed by atoms with E-state index in [1.165, 1.54) is 0 Å². The highest BCUT2D eigenvalue weighted by atomic mass is 16.2. The number of hydrogen-bond acceptors (Lipinski definition) is 3. The van der Waals surface area contributed by atoms with Gasteiger partial charge >= 0.3 is 0 Å². The van der Waals surface area contributed by atoms with Crippen LogP contribution in [0.4, 0.5) is 0 Å². The first-order chi connectivity index (χ1) is 9.13. The van der Waals surface area contributed by atoms with Gasteiger partial charge in [-0.25, -0.2) is 0 Å². The topological polar surface area (TPSA) is 61.4 Å². The van der Waals surface area contributed by atoms with Crippen LogP contribution in [0.2, 0.25) is 0 Å². The number of rotatable bonds is 2. The Morgan fingerprint density at radius 3 is 2.79 bits per heavy atom. The molecule has 0 bridgehead atoms. The molecule has 2 rings (SSSR count). The molecular weight excluding hydrogens is 242 g/mol. The van der Waals surface area contributed by atoms with Crippen molar-refractivity contribution < 1.29 is 9.59 Å². The smallest absolute Gasteiger partial charge is 0.254 e. The molecule has 0 unspecified atom stereocenters. The van der Waals surface area contributed by atoms with E-state index < -0.39 is 0 Å². The van der Waals surface area contributed by atoms with Gasteiger partial charge < -0.3 is 15.5 Å². The van der Waals surface area contributed by atoms with Gasteiger partial charge in [-0.1, -0.05) is 6.07 Å². The second-order valence-electron chi connectivity index (χ2n) is 4.71. The molecule has 0 radical (unpaired) electrons. The molecule has 1 aromatic carbocycles. The summed E-state index contributed by atoms with van der Waals surface area (Å²) >= 11 is 0. The van der Waals surface area contributed by atoms with Gasteiger partial charge in [0.2, 0.25) is 0 Å². The molecule has 5 nitrogen and oxygen atoms in total. The van der Waals surface area contributed by atoms with Crippen molar-refractivity contribution in [3.8, 4) is 0 Å². The summed E-state index contributed by atoms with van der Waals surface area (Å²) in [6.45, 7) is 4.34. The van der Waals surface area contributed by atoms with E-state index >= 15 is 0 Å². The van der Waals surface area contributed by atoms with E-state index in [1.807, 2.05) is 11.8 Å². The maximum Gasteiger partial charge on any atom is 0.254 e. The normalized spacial score (nSPS) is 19.1. The summed E-state index contributed by atoms with van der Waals surface area (Å²) < 4.78 is 0. The first-order valence-electron chi connectivity index (χ1n) is 6.47. The first kappa shape index (κ1) is 13.5. The quantitative estimate of drug-likeness (QED) is 0.814. The average Bonchev–Trinajstić information content (AvgIpc) is 2.46. The van der Waals surface area contributed by atoms with Crippen molar-refractivity contribution in [2.45, 2.75) is 13.0 Å². The van der Waals surface area contributed by atoms with Crippen LogP contribution in [0.15, 0.2) is 24.3 Å². The van der Waals surface area contributed by atoms with Gasteiger partial charge in [0.15, 0.2) is 0 Å². The van der Waals surface area contributed by atoms with Gasteiger partial charge in [0.25, 0.3) is 11.8 Å². The minimum Gasteiger partial charge on any atom is -0.355 e. The maximum atomic E-state index is 12.4. The second kappa shape index (κ2) is 5.84. The molecule has 1 heterocycles. The number of piperazine rings is 1. The summed E-state index contributed by atoms with van der Waals surface area (Å²) in [6, 6.07) is 7.02. The second-order valence-corrected chi connectivity index (χ2v) is 4.71. The van der Waals surface area contributed by atoms with Gasteiger partial charge in [-0.2, -0.15) is 0 Å². The predicted octanol–water partition coefficient (Wildman–Crippen LogP) is 0.480. The van der Waals surface area contributed by atoms with Gasteiger partial charge in [0.05, 0.1) is 0 Å². The highest BCUT2D eigenvalue weighted by molar-refractivity contribution is 5.99. The third-order valence-corrected chi connectivity index (χ3v) is 3.36. The molecule has 0 aromatic heterocycles. The van der Waals surface area contributed by atoms with E-state index in [9.17, 15) is 9.59 Å². The fraction of sp³-hybridized carbons (Fsp3) is 0.429. The Labute approximate surface area is 113 Å².